The molecule has 0 unspecified atom stereocenters. The van der Waals surface area contributed by atoms with Crippen LogP contribution in [0.4, 0.5) is 19.0 Å². The molecular formula is C18H16F3N5OS. The molecule has 0 radical (unpaired) electrons. The second-order valence-corrected chi connectivity index (χ2v) is 7.06. The van der Waals surface area contributed by atoms with Crippen molar-refractivity contribution in [2.75, 3.05) is 24.7 Å². The number of alkyl halides is 3. The third-order valence-electron chi connectivity index (χ3n) is 3.78. The zero-order valence-electron chi connectivity index (χ0n) is 15.0. The van der Waals surface area contributed by atoms with E-state index in [4.69, 9.17) is 0 Å². The number of hydrogen-bond acceptors (Lipinski definition) is 6. The highest BCUT2D eigenvalue weighted by atomic mass is 32.2. The summed E-state index contributed by atoms with van der Waals surface area (Å²) in [7, 11) is 3.44. The predicted octanol–water partition coefficient (Wildman–Crippen LogP) is 3.39. The van der Waals surface area contributed by atoms with Crippen molar-refractivity contribution in [2.24, 2.45) is 10.2 Å². The Morgan fingerprint density at radius 2 is 1.96 bits per heavy atom. The second-order valence-electron chi connectivity index (χ2n) is 6.10. The van der Waals surface area contributed by atoms with Crippen LogP contribution in [-0.4, -0.2) is 42.1 Å². The van der Waals surface area contributed by atoms with E-state index in [1.54, 1.807) is 43.3 Å². The van der Waals surface area contributed by atoms with E-state index in [1.165, 1.54) is 18.0 Å². The van der Waals surface area contributed by atoms with Crippen molar-refractivity contribution < 1.29 is 18.0 Å². The maximum Gasteiger partial charge on any atom is 0.417 e. The number of rotatable bonds is 4. The second kappa shape index (κ2) is 8.01. The van der Waals surface area contributed by atoms with Crippen LogP contribution < -0.4 is 10.2 Å². The first-order valence-electron chi connectivity index (χ1n) is 8.13. The van der Waals surface area contributed by atoms with Crippen LogP contribution in [0, 0.1) is 0 Å². The zero-order valence-corrected chi connectivity index (χ0v) is 15.8. The zero-order chi connectivity index (χ0) is 20.3. The molecular weight excluding hydrogens is 391 g/mol. The summed E-state index contributed by atoms with van der Waals surface area (Å²) in [4.78, 5) is 16.7. The Kier molecular flexibility index (Phi) is 5.68. The van der Waals surface area contributed by atoms with Crippen LogP contribution in [0.2, 0.25) is 0 Å². The number of pyridine rings is 1. The summed E-state index contributed by atoms with van der Waals surface area (Å²) in [6.07, 6.45) is -2.13. The summed E-state index contributed by atoms with van der Waals surface area (Å²) < 4.78 is 39.2. The lowest BCUT2D eigenvalue weighted by Gasteiger charge is -2.18. The number of nitrogens with one attached hydrogen (secondary N) is 1. The number of carbonyl (C=O) groups is 1. The smallest absolute Gasteiger partial charge is 0.362 e. The lowest BCUT2D eigenvalue weighted by Crippen LogP contribution is -2.19. The molecule has 2 heterocycles. The fourth-order valence-electron chi connectivity index (χ4n) is 2.46. The highest BCUT2D eigenvalue weighted by molar-refractivity contribution is 8.15. The van der Waals surface area contributed by atoms with Crippen molar-refractivity contribution in [1.29, 1.82) is 0 Å². The fourth-order valence-corrected chi connectivity index (χ4v) is 3.09. The number of nitrogens with zero attached hydrogens (tertiary/aromatic N) is 4. The topological polar surface area (TPSA) is 70.0 Å². The molecule has 1 amide bonds. The van der Waals surface area contributed by atoms with Gasteiger partial charge < -0.3 is 10.2 Å². The first-order chi connectivity index (χ1) is 13.2. The van der Waals surface area contributed by atoms with Crippen LogP contribution >= 0.6 is 11.8 Å². The largest absolute Gasteiger partial charge is 0.417 e. The minimum atomic E-state index is -4.47. The summed E-state index contributed by atoms with van der Waals surface area (Å²) in [5, 5.41) is 10.8. The van der Waals surface area contributed by atoms with Gasteiger partial charge in [-0.1, -0.05) is 36.0 Å². The first-order valence-corrected chi connectivity index (χ1v) is 9.11. The number of thioether (sulfide) groups is 1. The van der Waals surface area contributed by atoms with Gasteiger partial charge in [0.1, 0.15) is 5.82 Å². The molecule has 10 heteroatoms. The van der Waals surface area contributed by atoms with Gasteiger partial charge in [-0.2, -0.15) is 18.3 Å². The highest BCUT2D eigenvalue weighted by Gasteiger charge is 2.32. The lowest BCUT2D eigenvalue weighted by molar-refractivity contribution is -0.137. The average Bonchev–Trinajstić information content (AvgIpc) is 3.06. The van der Waals surface area contributed by atoms with E-state index >= 15 is 0 Å². The molecule has 1 aliphatic rings. The Bertz CT molecular complexity index is 939. The molecule has 1 aromatic carbocycles. The Morgan fingerprint density at radius 1 is 1.25 bits per heavy atom. The number of amides is 1. The molecule has 1 aromatic heterocycles. The van der Waals surface area contributed by atoms with Crippen molar-refractivity contribution in [3.63, 3.8) is 0 Å². The fraction of sp³-hybridized carbons (Fsp3) is 0.222. The third-order valence-corrected chi connectivity index (χ3v) is 4.64. The lowest BCUT2D eigenvalue weighted by atomic mass is 10.0. The van der Waals surface area contributed by atoms with Crippen molar-refractivity contribution in [1.82, 2.24) is 10.3 Å². The van der Waals surface area contributed by atoms with Gasteiger partial charge >= 0.3 is 6.18 Å². The van der Waals surface area contributed by atoms with Gasteiger partial charge in [0.2, 0.25) is 5.91 Å². The van der Waals surface area contributed by atoms with Gasteiger partial charge in [-0.05, 0) is 17.2 Å². The molecule has 146 valence electrons. The van der Waals surface area contributed by atoms with Gasteiger partial charge in [0.25, 0.3) is 0 Å². The molecule has 6 nitrogen and oxygen atoms in total. The minimum Gasteiger partial charge on any atom is -0.362 e. The first kappa shape index (κ1) is 19.9. The van der Waals surface area contributed by atoms with Crippen LogP contribution in [-0.2, 0) is 11.0 Å². The van der Waals surface area contributed by atoms with Crippen LogP contribution in [0.5, 0.6) is 0 Å². The Labute approximate surface area is 163 Å². The predicted molar refractivity (Wildman–Crippen MR) is 105 cm³/mol. The van der Waals surface area contributed by atoms with Gasteiger partial charge in [0, 0.05) is 25.9 Å². The van der Waals surface area contributed by atoms with Crippen molar-refractivity contribution in [3.8, 4) is 11.1 Å². The maximum atomic E-state index is 13.1. The molecule has 0 bridgehead atoms. The maximum absolute atomic E-state index is 13.1. The van der Waals surface area contributed by atoms with E-state index in [0.717, 1.165) is 12.3 Å². The highest BCUT2D eigenvalue weighted by Crippen LogP contribution is 2.35. The van der Waals surface area contributed by atoms with Crippen molar-refractivity contribution in [3.05, 3.63) is 47.7 Å². The summed E-state index contributed by atoms with van der Waals surface area (Å²) in [6, 6.07) is 7.94. The number of amidine groups is 1. The number of aromatic nitrogens is 1. The molecule has 0 atom stereocenters. The van der Waals surface area contributed by atoms with E-state index in [9.17, 15) is 18.0 Å². The molecule has 1 fully saturated rings. The summed E-state index contributed by atoms with van der Waals surface area (Å²) in [5.41, 5.74) is 0.900. The normalized spacial score (nSPS) is 16.0. The monoisotopic (exact) mass is 407 g/mol. The molecule has 0 saturated carbocycles. The molecule has 1 N–H and O–H groups in total. The Morgan fingerprint density at radius 3 is 2.54 bits per heavy atom. The van der Waals surface area contributed by atoms with Gasteiger partial charge in [-0.3, -0.25) is 4.79 Å². The average molecular weight is 407 g/mol. The van der Waals surface area contributed by atoms with E-state index in [2.05, 4.69) is 20.5 Å². The van der Waals surface area contributed by atoms with Gasteiger partial charge in [-0.15, -0.1) is 5.10 Å². The van der Waals surface area contributed by atoms with Gasteiger partial charge in [0.05, 0.1) is 17.5 Å². The standard InChI is InChI=1S/C18H16F3N5OS/c1-26(2)16-14(7-13(9-22-16)18(19,20)21)12-5-3-11(4-6-12)8-23-25-17-24-15(27)10-28-17/h3-9H,10H2,1-2H3,(H,24,25,27). The Hall–Kier alpha value is -2.88. The van der Waals surface area contributed by atoms with E-state index < -0.39 is 11.7 Å². The third kappa shape index (κ3) is 4.69. The molecule has 2 aromatic rings. The van der Waals surface area contributed by atoms with Crippen LogP contribution in [0.3, 0.4) is 0 Å². The number of hydrogen-bond donors (Lipinski definition) is 1. The quantitative estimate of drug-likeness (QED) is 0.623. The van der Waals surface area contributed by atoms with Gasteiger partial charge in [0.15, 0.2) is 5.17 Å². The number of carbonyl (C=O) groups excluding carboxylic acids is 1. The minimum absolute atomic E-state index is 0.116. The van der Waals surface area contributed by atoms with E-state index in [-0.39, 0.29) is 5.91 Å². The Balaban J connectivity index is 1.85. The molecule has 0 aliphatic carbocycles. The molecule has 3 rings (SSSR count). The molecule has 0 spiro atoms. The number of benzene rings is 1. The summed E-state index contributed by atoms with van der Waals surface area (Å²) in [6.45, 7) is 0. The van der Waals surface area contributed by atoms with Crippen LogP contribution in [0.25, 0.3) is 11.1 Å². The van der Waals surface area contributed by atoms with Crippen molar-refractivity contribution >= 4 is 34.9 Å². The number of halogens is 3. The van der Waals surface area contributed by atoms with Gasteiger partial charge in [-0.25, -0.2) is 4.98 Å². The number of anilines is 1. The molecule has 28 heavy (non-hydrogen) atoms. The van der Waals surface area contributed by atoms with Crippen LogP contribution in [0.1, 0.15) is 11.1 Å². The van der Waals surface area contributed by atoms with E-state index in [1.807, 2.05) is 0 Å². The van der Waals surface area contributed by atoms with E-state index in [0.29, 0.717) is 33.4 Å². The summed E-state index contributed by atoms with van der Waals surface area (Å²) in [5.74, 6) is 0.645. The molecule has 1 aliphatic heterocycles. The van der Waals surface area contributed by atoms with Crippen LogP contribution in [0.15, 0.2) is 46.7 Å². The van der Waals surface area contributed by atoms with Crippen molar-refractivity contribution in [2.45, 2.75) is 6.18 Å². The summed E-state index contributed by atoms with van der Waals surface area (Å²) >= 11 is 1.26. The SMILES string of the molecule is CN(C)c1ncc(C(F)(F)F)cc1-c1ccc(C=NN=C2NC(=O)CS2)cc1. The molecule has 1 saturated heterocycles.